The van der Waals surface area contributed by atoms with Crippen molar-refractivity contribution in [2.75, 3.05) is 19.0 Å². The van der Waals surface area contributed by atoms with Gasteiger partial charge in [-0.15, -0.1) is 0 Å². The molecule has 2 fully saturated rings. The van der Waals surface area contributed by atoms with Crippen molar-refractivity contribution in [1.82, 2.24) is 10.3 Å². The van der Waals surface area contributed by atoms with Crippen molar-refractivity contribution in [3.63, 3.8) is 0 Å². The van der Waals surface area contributed by atoms with Crippen molar-refractivity contribution in [3.8, 4) is 0 Å². The normalized spacial score (nSPS) is 27.6. The van der Waals surface area contributed by atoms with Gasteiger partial charge in [-0.2, -0.15) is 0 Å². The fourth-order valence-electron chi connectivity index (χ4n) is 3.85. The van der Waals surface area contributed by atoms with Crippen LogP contribution < -0.4 is 10.2 Å². The van der Waals surface area contributed by atoms with E-state index in [9.17, 15) is 4.79 Å². The summed E-state index contributed by atoms with van der Waals surface area (Å²) >= 11 is 0. The largest absolute Gasteiger partial charge is 0.362 e. The maximum Gasteiger partial charge on any atom is 0.223 e. The van der Waals surface area contributed by atoms with Crippen LogP contribution in [-0.2, 0) is 11.3 Å². The minimum atomic E-state index is 0.241. The zero-order valence-corrected chi connectivity index (χ0v) is 12.3. The molecule has 3 rings (SSSR count). The topological polar surface area (TPSA) is 45.2 Å². The second-order valence-electron chi connectivity index (χ2n) is 6.38. The van der Waals surface area contributed by atoms with Crippen molar-refractivity contribution in [2.45, 2.75) is 32.2 Å². The summed E-state index contributed by atoms with van der Waals surface area (Å²) in [4.78, 5) is 18.7. The number of amides is 1. The molecular weight excluding hydrogens is 250 g/mol. The first-order valence-corrected chi connectivity index (χ1v) is 7.54. The molecule has 0 spiro atoms. The molecule has 1 amide bonds. The minimum Gasteiger partial charge on any atom is -0.362 e. The molecule has 2 aliphatic carbocycles. The molecule has 0 radical (unpaired) electrons. The number of nitrogens with zero attached hydrogens (tertiary/aromatic N) is 2. The molecule has 2 bridgehead atoms. The zero-order valence-electron chi connectivity index (χ0n) is 12.3. The predicted octanol–water partition coefficient (Wildman–Crippen LogP) is 2.20. The van der Waals surface area contributed by atoms with Gasteiger partial charge in [-0.1, -0.05) is 12.5 Å². The van der Waals surface area contributed by atoms with Crippen LogP contribution in [0.1, 0.15) is 31.2 Å². The molecule has 1 heterocycles. The summed E-state index contributed by atoms with van der Waals surface area (Å²) in [6.07, 6.45) is 6.75. The molecule has 2 aliphatic rings. The summed E-state index contributed by atoms with van der Waals surface area (Å²) < 4.78 is 0. The van der Waals surface area contributed by atoms with Gasteiger partial charge in [0, 0.05) is 38.3 Å². The van der Waals surface area contributed by atoms with E-state index in [0.717, 1.165) is 23.7 Å². The van der Waals surface area contributed by atoms with E-state index in [0.29, 0.717) is 12.5 Å². The summed E-state index contributed by atoms with van der Waals surface area (Å²) in [5, 5.41) is 3.12. The maximum absolute atomic E-state index is 12.3. The lowest BCUT2D eigenvalue weighted by atomic mass is 9.88. The van der Waals surface area contributed by atoms with E-state index in [1.54, 1.807) is 6.20 Å². The highest BCUT2D eigenvalue weighted by Crippen LogP contribution is 2.48. The lowest BCUT2D eigenvalue weighted by molar-refractivity contribution is -0.126. The third-order valence-corrected chi connectivity index (χ3v) is 4.82. The summed E-state index contributed by atoms with van der Waals surface area (Å²) in [7, 11) is 3.95. The Bertz CT molecular complexity index is 500. The van der Waals surface area contributed by atoms with Gasteiger partial charge in [0.05, 0.1) is 0 Å². The molecule has 3 atom stereocenters. The molecule has 0 aliphatic heterocycles. The molecule has 3 unspecified atom stereocenters. The summed E-state index contributed by atoms with van der Waals surface area (Å²) in [6.45, 7) is 0.577. The molecule has 4 heteroatoms. The van der Waals surface area contributed by atoms with E-state index in [-0.39, 0.29) is 11.8 Å². The van der Waals surface area contributed by atoms with Gasteiger partial charge < -0.3 is 10.2 Å². The van der Waals surface area contributed by atoms with Crippen molar-refractivity contribution < 1.29 is 4.79 Å². The van der Waals surface area contributed by atoms with Gasteiger partial charge in [0.15, 0.2) is 0 Å². The Kier molecular flexibility index (Phi) is 3.64. The molecule has 1 aromatic heterocycles. The van der Waals surface area contributed by atoms with Gasteiger partial charge in [0.1, 0.15) is 5.82 Å². The minimum absolute atomic E-state index is 0.241. The zero-order chi connectivity index (χ0) is 14.1. The SMILES string of the molecule is CN(C)c1ncccc1CNC(=O)C1CC2CCC1C2. The molecule has 108 valence electrons. The van der Waals surface area contributed by atoms with Crippen LogP contribution in [0, 0.1) is 17.8 Å². The highest BCUT2D eigenvalue weighted by atomic mass is 16.1. The third kappa shape index (κ3) is 2.51. The second-order valence-corrected chi connectivity index (χ2v) is 6.38. The van der Waals surface area contributed by atoms with E-state index in [1.165, 1.54) is 19.3 Å². The van der Waals surface area contributed by atoms with Crippen molar-refractivity contribution in [3.05, 3.63) is 23.9 Å². The van der Waals surface area contributed by atoms with Gasteiger partial charge in [-0.25, -0.2) is 4.98 Å². The Morgan fingerprint density at radius 1 is 1.40 bits per heavy atom. The maximum atomic E-state index is 12.3. The number of hydrogen-bond acceptors (Lipinski definition) is 3. The summed E-state index contributed by atoms with van der Waals surface area (Å²) in [5.74, 6) is 2.88. The monoisotopic (exact) mass is 273 g/mol. The van der Waals surface area contributed by atoms with Gasteiger partial charge in [0.25, 0.3) is 0 Å². The van der Waals surface area contributed by atoms with Gasteiger partial charge in [-0.05, 0) is 37.2 Å². The van der Waals surface area contributed by atoms with Gasteiger partial charge in [0.2, 0.25) is 5.91 Å². The number of rotatable bonds is 4. The molecule has 2 saturated carbocycles. The average Bonchev–Trinajstić information content (AvgIpc) is 3.07. The Labute approximate surface area is 120 Å². The number of pyridine rings is 1. The molecular formula is C16H23N3O. The predicted molar refractivity (Wildman–Crippen MR) is 79.3 cm³/mol. The van der Waals surface area contributed by atoms with Crippen LogP contribution in [0.3, 0.4) is 0 Å². The number of anilines is 1. The third-order valence-electron chi connectivity index (χ3n) is 4.82. The van der Waals surface area contributed by atoms with Crippen LogP contribution in [0.2, 0.25) is 0 Å². The van der Waals surface area contributed by atoms with Crippen molar-refractivity contribution >= 4 is 11.7 Å². The first kappa shape index (κ1) is 13.4. The van der Waals surface area contributed by atoms with Crippen LogP contribution in [-0.4, -0.2) is 25.0 Å². The van der Waals surface area contributed by atoms with E-state index in [1.807, 2.05) is 31.1 Å². The highest BCUT2D eigenvalue weighted by molar-refractivity contribution is 5.79. The van der Waals surface area contributed by atoms with Crippen LogP contribution in [0.25, 0.3) is 0 Å². The number of aromatic nitrogens is 1. The van der Waals surface area contributed by atoms with Crippen molar-refractivity contribution in [2.24, 2.45) is 17.8 Å². The summed E-state index contributed by atoms with van der Waals surface area (Å²) in [5.41, 5.74) is 1.08. The van der Waals surface area contributed by atoms with Crippen LogP contribution >= 0.6 is 0 Å². The fourth-order valence-corrected chi connectivity index (χ4v) is 3.85. The Morgan fingerprint density at radius 3 is 2.90 bits per heavy atom. The number of carbonyl (C=O) groups excluding carboxylic acids is 1. The Hall–Kier alpha value is -1.58. The number of fused-ring (bicyclic) bond motifs is 2. The van der Waals surface area contributed by atoms with E-state index in [4.69, 9.17) is 0 Å². The Balaban J connectivity index is 1.61. The molecule has 4 nitrogen and oxygen atoms in total. The quantitative estimate of drug-likeness (QED) is 0.914. The smallest absolute Gasteiger partial charge is 0.223 e. The van der Waals surface area contributed by atoms with Crippen LogP contribution in [0.5, 0.6) is 0 Å². The molecule has 0 aromatic carbocycles. The van der Waals surface area contributed by atoms with E-state index >= 15 is 0 Å². The summed E-state index contributed by atoms with van der Waals surface area (Å²) in [6, 6.07) is 3.95. The number of carbonyl (C=O) groups is 1. The standard InChI is InChI=1S/C16H23N3O/c1-19(2)15-13(4-3-7-17-15)10-18-16(20)14-9-11-5-6-12(14)8-11/h3-4,7,11-12,14H,5-6,8-10H2,1-2H3,(H,18,20). The lowest BCUT2D eigenvalue weighted by Crippen LogP contribution is -2.33. The van der Waals surface area contributed by atoms with E-state index in [2.05, 4.69) is 10.3 Å². The van der Waals surface area contributed by atoms with Gasteiger partial charge in [-0.3, -0.25) is 4.79 Å². The Morgan fingerprint density at radius 2 is 2.25 bits per heavy atom. The highest BCUT2D eigenvalue weighted by Gasteiger charge is 2.42. The van der Waals surface area contributed by atoms with Crippen molar-refractivity contribution in [1.29, 1.82) is 0 Å². The van der Waals surface area contributed by atoms with Crippen LogP contribution in [0.4, 0.5) is 5.82 Å². The molecule has 0 saturated heterocycles. The molecule has 1 aromatic rings. The average molecular weight is 273 g/mol. The number of hydrogen-bond donors (Lipinski definition) is 1. The molecule has 1 N–H and O–H groups in total. The second kappa shape index (κ2) is 5.43. The van der Waals surface area contributed by atoms with E-state index < -0.39 is 0 Å². The lowest BCUT2D eigenvalue weighted by Gasteiger charge is -2.21. The first-order chi connectivity index (χ1) is 9.65. The van der Waals surface area contributed by atoms with Gasteiger partial charge >= 0.3 is 0 Å². The van der Waals surface area contributed by atoms with Crippen LogP contribution in [0.15, 0.2) is 18.3 Å². The fraction of sp³-hybridized carbons (Fsp3) is 0.625. The number of nitrogens with one attached hydrogen (secondary N) is 1. The molecule has 20 heavy (non-hydrogen) atoms. The first-order valence-electron chi connectivity index (χ1n) is 7.54.